The zero-order valence-electron chi connectivity index (χ0n) is 39.7. The highest BCUT2D eigenvalue weighted by Crippen LogP contribution is 2.13. The van der Waals surface area contributed by atoms with Crippen LogP contribution in [-0.2, 0) is 28.6 Å². The van der Waals surface area contributed by atoms with Crippen molar-refractivity contribution in [3.8, 4) is 0 Å². The maximum Gasteiger partial charge on any atom is 0.306 e. The van der Waals surface area contributed by atoms with Crippen molar-refractivity contribution in [3.05, 3.63) is 85.1 Å². The Morgan fingerprint density at radius 1 is 0.361 bits per heavy atom. The highest BCUT2D eigenvalue weighted by molar-refractivity contribution is 5.71. The average Bonchev–Trinajstić information content (AvgIpc) is 3.26. The Balaban J connectivity index is 4.46. The van der Waals surface area contributed by atoms with E-state index < -0.39 is 6.10 Å². The Labute approximate surface area is 375 Å². The molecular weight excluding hydrogens is 757 g/mol. The van der Waals surface area contributed by atoms with Gasteiger partial charge in [0.2, 0.25) is 0 Å². The SMILES string of the molecule is CC/C=C/C=C/C=C/CCCCCCCC(=O)OCC(COC(=O)CCCCCCC/C=C/CCCCCCCCC)OC(=O)CCCCCC/C=C/C/C=C/C/C=C/CC. The molecule has 0 radical (unpaired) electrons. The third kappa shape index (κ3) is 47.5. The van der Waals surface area contributed by atoms with Gasteiger partial charge in [-0.05, 0) is 96.3 Å². The molecule has 6 nitrogen and oxygen atoms in total. The van der Waals surface area contributed by atoms with Gasteiger partial charge in [0, 0.05) is 19.3 Å². The quantitative estimate of drug-likeness (QED) is 0.0200. The van der Waals surface area contributed by atoms with Crippen molar-refractivity contribution in [2.75, 3.05) is 13.2 Å². The molecule has 348 valence electrons. The van der Waals surface area contributed by atoms with Gasteiger partial charge in [-0.2, -0.15) is 0 Å². The molecule has 0 aromatic heterocycles. The molecule has 6 heteroatoms. The van der Waals surface area contributed by atoms with Crippen LogP contribution in [0.2, 0.25) is 0 Å². The number of esters is 3. The summed E-state index contributed by atoms with van der Waals surface area (Å²) in [6, 6.07) is 0. The average molecular weight is 849 g/mol. The van der Waals surface area contributed by atoms with E-state index in [0.29, 0.717) is 19.3 Å². The third-order valence-electron chi connectivity index (χ3n) is 10.4. The van der Waals surface area contributed by atoms with Gasteiger partial charge >= 0.3 is 17.9 Å². The molecule has 0 saturated carbocycles. The first kappa shape index (κ1) is 57.6. The Kier molecular flexibility index (Phi) is 46.5. The van der Waals surface area contributed by atoms with Crippen LogP contribution in [0.3, 0.4) is 0 Å². The molecule has 0 aliphatic carbocycles. The topological polar surface area (TPSA) is 78.9 Å². The molecule has 0 N–H and O–H groups in total. The van der Waals surface area contributed by atoms with Crippen molar-refractivity contribution < 1.29 is 28.6 Å². The lowest BCUT2D eigenvalue weighted by Crippen LogP contribution is -2.30. The van der Waals surface area contributed by atoms with Crippen LogP contribution in [0.5, 0.6) is 0 Å². The molecule has 0 saturated heterocycles. The molecular formula is C55H92O6. The van der Waals surface area contributed by atoms with Gasteiger partial charge in [-0.3, -0.25) is 14.4 Å². The van der Waals surface area contributed by atoms with Crippen molar-refractivity contribution in [2.45, 2.75) is 232 Å². The number of hydrogen-bond donors (Lipinski definition) is 0. The fourth-order valence-corrected chi connectivity index (χ4v) is 6.69. The minimum absolute atomic E-state index is 0.0975. The van der Waals surface area contributed by atoms with E-state index in [9.17, 15) is 14.4 Å². The molecule has 0 heterocycles. The fraction of sp³-hybridized carbons (Fsp3) is 0.691. The van der Waals surface area contributed by atoms with Crippen LogP contribution in [0.4, 0.5) is 0 Å². The Morgan fingerprint density at radius 3 is 1.20 bits per heavy atom. The Bertz CT molecular complexity index is 1200. The summed E-state index contributed by atoms with van der Waals surface area (Å²) in [5, 5.41) is 0. The molecule has 0 aromatic rings. The van der Waals surface area contributed by atoms with Gasteiger partial charge in [0.15, 0.2) is 6.10 Å². The molecule has 1 atom stereocenters. The summed E-state index contributed by atoms with van der Waals surface area (Å²) in [7, 11) is 0. The number of hydrogen-bond acceptors (Lipinski definition) is 6. The minimum atomic E-state index is -0.799. The standard InChI is InChI=1S/C55H92O6/c1-4-7-10-13-16-19-22-25-27-28-31-33-36-39-42-45-48-54(57)60-51-52(50-59-53(56)47-44-41-38-35-32-29-24-21-18-15-12-9-6-3)61-55(58)49-46-43-40-37-34-30-26-23-20-17-14-11-8-5-2/h8-9,11-12,15,17-18,20-21,24,26-28,30,52H,4-7,10,13-14,16,19,22-23,25,29,31-51H2,1-3H3/b11-8+,12-9+,18-15+,20-17+,24-21+,28-27+,30-26+. The summed E-state index contributed by atoms with van der Waals surface area (Å²) in [6.07, 6.45) is 62.8. The molecule has 0 rings (SSSR count). The van der Waals surface area contributed by atoms with Gasteiger partial charge in [0.1, 0.15) is 13.2 Å². The summed E-state index contributed by atoms with van der Waals surface area (Å²) in [6.45, 7) is 6.34. The van der Waals surface area contributed by atoms with Crippen molar-refractivity contribution in [3.63, 3.8) is 0 Å². The molecule has 0 aromatic carbocycles. The first-order valence-corrected chi connectivity index (χ1v) is 25.1. The summed E-state index contributed by atoms with van der Waals surface area (Å²) in [5.41, 5.74) is 0. The summed E-state index contributed by atoms with van der Waals surface area (Å²) >= 11 is 0. The second-order valence-corrected chi connectivity index (χ2v) is 16.4. The largest absolute Gasteiger partial charge is 0.462 e. The molecule has 0 aliphatic rings. The van der Waals surface area contributed by atoms with Crippen molar-refractivity contribution in [1.29, 1.82) is 0 Å². The molecule has 1 unspecified atom stereocenters. The fourth-order valence-electron chi connectivity index (χ4n) is 6.69. The van der Waals surface area contributed by atoms with Crippen molar-refractivity contribution in [1.82, 2.24) is 0 Å². The molecule has 0 amide bonds. The summed E-state index contributed by atoms with van der Waals surface area (Å²) < 4.78 is 16.7. The van der Waals surface area contributed by atoms with Gasteiger partial charge in [-0.1, -0.05) is 196 Å². The molecule has 0 spiro atoms. The normalized spacial score (nSPS) is 12.8. The highest BCUT2D eigenvalue weighted by atomic mass is 16.6. The number of allylic oxidation sites excluding steroid dienone is 14. The lowest BCUT2D eigenvalue weighted by molar-refractivity contribution is -0.167. The van der Waals surface area contributed by atoms with Crippen LogP contribution in [-0.4, -0.2) is 37.2 Å². The van der Waals surface area contributed by atoms with Crippen LogP contribution in [0.25, 0.3) is 0 Å². The predicted molar refractivity (Wildman–Crippen MR) is 261 cm³/mol. The molecule has 0 fully saturated rings. The van der Waals surface area contributed by atoms with Gasteiger partial charge in [-0.15, -0.1) is 0 Å². The lowest BCUT2D eigenvalue weighted by atomic mass is 10.1. The van der Waals surface area contributed by atoms with E-state index in [4.69, 9.17) is 14.2 Å². The summed E-state index contributed by atoms with van der Waals surface area (Å²) in [4.78, 5) is 37.9. The molecule has 0 aliphatic heterocycles. The lowest BCUT2D eigenvalue weighted by Gasteiger charge is -2.18. The molecule has 0 bridgehead atoms. The molecule has 61 heavy (non-hydrogen) atoms. The number of carbonyl (C=O) groups excluding carboxylic acids is 3. The van der Waals surface area contributed by atoms with Crippen LogP contribution >= 0.6 is 0 Å². The van der Waals surface area contributed by atoms with Gasteiger partial charge in [0.05, 0.1) is 0 Å². The minimum Gasteiger partial charge on any atom is -0.462 e. The highest BCUT2D eigenvalue weighted by Gasteiger charge is 2.19. The smallest absolute Gasteiger partial charge is 0.306 e. The van der Waals surface area contributed by atoms with Crippen molar-refractivity contribution in [2.24, 2.45) is 0 Å². The third-order valence-corrected chi connectivity index (χ3v) is 10.4. The Morgan fingerprint density at radius 2 is 0.721 bits per heavy atom. The van der Waals surface area contributed by atoms with Gasteiger partial charge in [0.25, 0.3) is 0 Å². The predicted octanol–water partition coefficient (Wildman–Crippen LogP) is 16.4. The Hall–Kier alpha value is -3.41. The van der Waals surface area contributed by atoms with E-state index in [1.807, 2.05) is 0 Å². The number of rotatable bonds is 44. The zero-order chi connectivity index (χ0) is 44.4. The van der Waals surface area contributed by atoms with Crippen LogP contribution in [0.1, 0.15) is 226 Å². The maximum atomic E-state index is 12.8. The van der Waals surface area contributed by atoms with Gasteiger partial charge < -0.3 is 14.2 Å². The van der Waals surface area contributed by atoms with Crippen molar-refractivity contribution >= 4 is 17.9 Å². The van der Waals surface area contributed by atoms with Crippen LogP contribution in [0.15, 0.2) is 85.1 Å². The first-order chi connectivity index (χ1) is 30.0. The second kappa shape index (κ2) is 49.2. The maximum absolute atomic E-state index is 12.8. The van der Waals surface area contributed by atoms with E-state index in [2.05, 4.69) is 106 Å². The van der Waals surface area contributed by atoms with Crippen LogP contribution < -0.4 is 0 Å². The van der Waals surface area contributed by atoms with E-state index >= 15 is 0 Å². The zero-order valence-corrected chi connectivity index (χ0v) is 39.7. The second-order valence-electron chi connectivity index (χ2n) is 16.4. The first-order valence-electron chi connectivity index (χ1n) is 25.1. The van der Waals surface area contributed by atoms with E-state index in [-0.39, 0.29) is 31.1 Å². The summed E-state index contributed by atoms with van der Waals surface area (Å²) in [5.74, 6) is -0.951. The van der Waals surface area contributed by atoms with E-state index in [0.717, 1.165) is 122 Å². The number of ether oxygens (including phenoxy) is 3. The van der Waals surface area contributed by atoms with Crippen LogP contribution in [0, 0.1) is 0 Å². The van der Waals surface area contributed by atoms with E-state index in [1.54, 1.807) is 0 Å². The van der Waals surface area contributed by atoms with Gasteiger partial charge in [-0.25, -0.2) is 0 Å². The number of carbonyl (C=O) groups is 3. The number of unbranched alkanes of at least 4 members (excludes halogenated alkanes) is 21. The van der Waals surface area contributed by atoms with E-state index in [1.165, 1.54) is 64.2 Å². The monoisotopic (exact) mass is 849 g/mol.